The first-order valence-corrected chi connectivity index (χ1v) is 8.77. The number of nitrogens with zero attached hydrogens (tertiary/aromatic N) is 1. The van der Waals surface area contributed by atoms with E-state index in [1.165, 1.54) is 32.1 Å². The highest BCUT2D eigenvalue weighted by molar-refractivity contribution is 5.79. The van der Waals surface area contributed by atoms with Crippen LogP contribution in [0.2, 0.25) is 0 Å². The van der Waals surface area contributed by atoms with Crippen LogP contribution in [0.5, 0.6) is 0 Å². The Morgan fingerprint density at radius 1 is 1.10 bits per heavy atom. The third kappa shape index (κ3) is 3.97. The van der Waals surface area contributed by atoms with Crippen LogP contribution in [0.15, 0.2) is 0 Å². The van der Waals surface area contributed by atoms with E-state index in [-0.39, 0.29) is 0 Å². The van der Waals surface area contributed by atoms with Gasteiger partial charge in [0.1, 0.15) is 0 Å². The van der Waals surface area contributed by atoms with E-state index in [0.29, 0.717) is 17.9 Å². The number of hydrogen-bond acceptors (Lipinski definition) is 2. The summed E-state index contributed by atoms with van der Waals surface area (Å²) in [7, 11) is 0. The maximum absolute atomic E-state index is 12.7. The number of carbonyl (C=O) groups is 1. The van der Waals surface area contributed by atoms with Gasteiger partial charge in [0.15, 0.2) is 0 Å². The second-order valence-corrected chi connectivity index (χ2v) is 6.70. The average molecular weight is 280 g/mol. The van der Waals surface area contributed by atoms with E-state index in [1.54, 1.807) is 0 Å². The minimum absolute atomic E-state index is 0.319. The molecule has 1 aliphatic heterocycles. The Hall–Kier alpha value is -0.570. The van der Waals surface area contributed by atoms with Gasteiger partial charge in [-0.25, -0.2) is 0 Å². The van der Waals surface area contributed by atoms with Crippen molar-refractivity contribution in [2.45, 2.75) is 71.3 Å². The summed E-state index contributed by atoms with van der Waals surface area (Å²) in [6, 6.07) is 0.472. The van der Waals surface area contributed by atoms with Crippen molar-refractivity contribution in [2.24, 2.45) is 11.8 Å². The Morgan fingerprint density at radius 3 is 2.30 bits per heavy atom. The van der Waals surface area contributed by atoms with E-state index in [2.05, 4.69) is 24.1 Å². The molecular weight excluding hydrogens is 248 g/mol. The lowest BCUT2D eigenvalue weighted by atomic mass is 9.79. The van der Waals surface area contributed by atoms with Crippen molar-refractivity contribution >= 4 is 5.91 Å². The molecular formula is C17H32N2O. The van der Waals surface area contributed by atoms with Crippen LogP contribution in [-0.4, -0.2) is 36.5 Å². The zero-order valence-corrected chi connectivity index (χ0v) is 13.4. The summed E-state index contributed by atoms with van der Waals surface area (Å²) < 4.78 is 0. The predicted octanol–water partition coefficient (Wildman–Crippen LogP) is 3.19. The molecule has 20 heavy (non-hydrogen) atoms. The first-order chi connectivity index (χ1) is 9.76. The number of unbranched alkanes of at least 4 members (excludes halogenated alkanes) is 1. The van der Waals surface area contributed by atoms with Crippen LogP contribution in [0.3, 0.4) is 0 Å². The molecule has 0 radical (unpaired) electrons. The van der Waals surface area contributed by atoms with Crippen molar-refractivity contribution < 1.29 is 4.79 Å². The Labute approximate surface area is 124 Å². The molecule has 1 heterocycles. The van der Waals surface area contributed by atoms with Crippen LogP contribution in [0.1, 0.15) is 65.2 Å². The van der Waals surface area contributed by atoms with E-state index in [1.807, 2.05) is 0 Å². The van der Waals surface area contributed by atoms with Crippen LogP contribution in [-0.2, 0) is 4.79 Å². The van der Waals surface area contributed by atoms with Crippen molar-refractivity contribution in [1.82, 2.24) is 10.2 Å². The van der Waals surface area contributed by atoms with E-state index in [9.17, 15) is 4.79 Å². The van der Waals surface area contributed by atoms with Gasteiger partial charge in [-0.05, 0) is 38.0 Å². The molecule has 2 fully saturated rings. The molecule has 0 aromatic rings. The minimum Gasteiger partial charge on any atom is -0.337 e. The minimum atomic E-state index is 0.319. The van der Waals surface area contributed by atoms with Gasteiger partial charge in [0.25, 0.3) is 0 Å². The molecule has 2 rings (SSSR count). The quantitative estimate of drug-likeness (QED) is 0.777. The van der Waals surface area contributed by atoms with E-state index in [4.69, 9.17) is 0 Å². The molecule has 0 aromatic heterocycles. The summed E-state index contributed by atoms with van der Waals surface area (Å²) >= 11 is 0. The molecule has 1 aliphatic carbocycles. The molecule has 3 heteroatoms. The Balaban J connectivity index is 1.80. The highest BCUT2D eigenvalue weighted by Gasteiger charge is 2.34. The Bertz CT molecular complexity index is 293. The predicted molar refractivity (Wildman–Crippen MR) is 83.6 cm³/mol. The van der Waals surface area contributed by atoms with Gasteiger partial charge in [-0.2, -0.15) is 0 Å². The first-order valence-electron chi connectivity index (χ1n) is 8.77. The topological polar surface area (TPSA) is 32.3 Å². The molecule has 0 spiro atoms. The van der Waals surface area contributed by atoms with E-state index < -0.39 is 0 Å². The summed E-state index contributed by atoms with van der Waals surface area (Å²) in [6.07, 6.45) is 9.94. The van der Waals surface area contributed by atoms with Gasteiger partial charge in [0.05, 0.1) is 6.04 Å². The summed E-state index contributed by atoms with van der Waals surface area (Å²) in [6.45, 7) is 7.38. The fraction of sp³-hybridized carbons (Fsp3) is 0.941. The molecule has 0 unspecified atom stereocenters. The molecule has 1 N–H and O–H groups in total. The smallest absolute Gasteiger partial charge is 0.226 e. The fourth-order valence-electron chi connectivity index (χ4n) is 3.63. The highest BCUT2D eigenvalue weighted by atomic mass is 16.2. The lowest BCUT2D eigenvalue weighted by molar-refractivity contribution is -0.140. The molecule has 3 nitrogen and oxygen atoms in total. The van der Waals surface area contributed by atoms with Crippen LogP contribution in [0.25, 0.3) is 0 Å². The van der Waals surface area contributed by atoms with Gasteiger partial charge >= 0.3 is 0 Å². The largest absolute Gasteiger partial charge is 0.337 e. The number of carbonyl (C=O) groups excluding carboxylic acids is 1. The van der Waals surface area contributed by atoms with Gasteiger partial charge in [-0.3, -0.25) is 4.79 Å². The fourth-order valence-corrected chi connectivity index (χ4v) is 3.63. The third-order valence-corrected chi connectivity index (χ3v) is 5.11. The van der Waals surface area contributed by atoms with Gasteiger partial charge < -0.3 is 10.2 Å². The Kier molecular flexibility index (Phi) is 6.34. The number of nitrogens with one attached hydrogen (secondary N) is 1. The SMILES string of the molecule is CCCCC1CCC(C(=O)N(CCC)C2CNC2)CC1. The van der Waals surface area contributed by atoms with Gasteiger partial charge in [-0.1, -0.05) is 33.1 Å². The van der Waals surface area contributed by atoms with Crippen molar-refractivity contribution in [2.75, 3.05) is 19.6 Å². The van der Waals surface area contributed by atoms with Crippen molar-refractivity contribution in [3.05, 3.63) is 0 Å². The van der Waals surface area contributed by atoms with Gasteiger partial charge in [0.2, 0.25) is 5.91 Å². The van der Waals surface area contributed by atoms with Crippen LogP contribution in [0, 0.1) is 11.8 Å². The molecule has 1 amide bonds. The number of rotatable bonds is 7. The summed E-state index contributed by atoms with van der Waals surface area (Å²) in [5, 5.41) is 3.29. The maximum atomic E-state index is 12.7. The van der Waals surface area contributed by atoms with Crippen LogP contribution >= 0.6 is 0 Å². The van der Waals surface area contributed by atoms with Gasteiger partial charge in [0, 0.05) is 25.6 Å². The number of amides is 1. The molecule has 1 saturated heterocycles. The number of hydrogen-bond donors (Lipinski definition) is 1. The van der Waals surface area contributed by atoms with E-state index >= 15 is 0 Å². The lowest BCUT2D eigenvalue weighted by Crippen LogP contribution is -2.60. The zero-order valence-electron chi connectivity index (χ0n) is 13.4. The summed E-state index contributed by atoms with van der Waals surface area (Å²) in [4.78, 5) is 14.9. The summed E-state index contributed by atoms with van der Waals surface area (Å²) in [5.41, 5.74) is 0. The summed E-state index contributed by atoms with van der Waals surface area (Å²) in [5.74, 6) is 1.66. The van der Waals surface area contributed by atoms with Gasteiger partial charge in [-0.15, -0.1) is 0 Å². The third-order valence-electron chi connectivity index (χ3n) is 5.11. The molecule has 1 saturated carbocycles. The van der Waals surface area contributed by atoms with Crippen LogP contribution < -0.4 is 5.32 Å². The second-order valence-electron chi connectivity index (χ2n) is 6.70. The lowest BCUT2D eigenvalue weighted by Gasteiger charge is -2.41. The Morgan fingerprint density at radius 2 is 1.80 bits per heavy atom. The van der Waals surface area contributed by atoms with Crippen LogP contribution in [0.4, 0.5) is 0 Å². The maximum Gasteiger partial charge on any atom is 0.226 e. The molecule has 2 aliphatic rings. The van der Waals surface area contributed by atoms with Crippen molar-refractivity contribution in [3.8, 4) is 0 Å². The zero-order chi connectivity index (χ0) is 14.4. The normalized spacial score (nSPS) is 27.1. The van der Waals surface area contributed by atoms with E-state index in [0.717, 1.165) is 44.8 Å². The highest BCUT2D eigenvalue weighted by Crippen LogP contribution is 2.33. The van der Waals surface area contributed by atoms with Crippen molar-refractivity contribution in [3.63, 3.8) is 0 Å². The standard InChI is InChI=1S/C17H32N2O/c1-3-5-6-14-7-9-15(10-8-14)17(20)19(11-4-2)16-12-18-13-16/h14-16,18H,3-13H2,1-2H3. The van der Waals surface area contributed by atoms with Crippen molar-refractivity contribution in [1.29, 1.82) is 0 Å². The first kappa shape index (κ1) is 15.8. The average Bonchev–Trinajstić information content (AvgIpc) is 2.42. The molecule has 0 atom stereocenters. The molecule has 0 aromatic carbocycles. The second kappa shape index (κ2) is 8.02. The molecule has 0 bridgehead atoms. The monoisotopic (exact) mass is 280 g/mol. The molecule has 116 valence electrons.